The normalized spacial score (nSPS) is 28.3. The molecule has 1 atom stereocenters. The zero-order chi connectivity index (χ0) is 10.9. The summed E-state index contributed by atoms with van der Waals surface area (Å²) >= 11 is 0. The number of piperidine rings is 1. The first-order valence-electron chi connectivity index (χ1n) is 5.96. The van der Waals surface area contributed by atoms with Crippen molar-refractivity contribution in [3.8, 4) is 6.07 Å². The smallest absolute Gasteiger partial charge is 0.243 e. The van der Waals surface area contributed by atoms with Crippen LogP contribution in [0.5, 0.6) is 0 Å². The molecule has 0 radical (unpaired) electrons. The summed E-state index contributed by atoms with van der Waals surface area (Å²) in [5.41, 5.74) is -0.620. The van der Waals surface area contributed by atoms with Crippen LogP contribution < -0.4 is 0 Å². The maximum Gasteiger partial charge on any atom is 0.243 e. The van der Waals surface area contributed by atoms with Crippen molar-refractivity contribution in [3.63, 3.8) is 0 Å². The highest BCUT2D eigenvalue weighted by atomic mass is 16.2. The van der Waals surface area contributed by atoms with E-state index in [0.717, 1.165) is 38.6 Å². The van der Waals surface area contributed by atoms with Crippen LogP contribution in [0.25, 0.3) is 0 Å². The Kier molecular flexibility index (Phi) is 2.68. The number of rotatable bonds is 2. The number of hydrogen-bond donors (Lipinski definition) is 0. The van der Waals surface area contributed by atoms with E-state index in [0.29, 0.717) is 6.04 Å². The van der Waals surface area contributed by atoms with Gasteiger partial charge in [0.15, 0.2) is 0 Å². The molecule has 2 rings (SSSR count). The highest BCUT2D eigenvalue weighted by Crippen LogP contribution is 2.47. The molecule has 15 heavy (non-hydrogen) atoms. The van der Waals surface area contributed by atoms with Gasteiger partial charge in [0, 0.05) is 12.6 Å². The van der Waals surface area contributed by atoms with Gasteiger partial charge in [-0.15, -0.1) is 0 Å². The highest BCUT2D eigenvalue weighted by molar-refractivity contribution is 5.88. The summed E-state index contributed by atoms with van der Waals surface area (Å²) in [4.78, 5) is 14.2. The molecular formula is C12H18N2O. The maximum absolute atomic E-state index is 12.2. The fourth-order valence-electron chi connectivity index (χ4n) is 2.47. The van der Waals surface area contributed by atoms with Crippen molar-refractivity contribution < 1.29 is 4.79 Å². The predicted octanol–water partition coefficient (Wildman–Crippen LogP) is 2.08. The monoisotopic (exact) mass is 206 g/mol. The third-order valence-corrected chi connectivity index (χ3v) is 3.73. The second kappa shape index (κ2) is 3.84. The zero-order valence-electron chi connectivity index (χ0n) is 9.33. The van der Waals surface area contributed by atoms with E-state index in [-0.39, 0.29) is 5.91 Å². The Morgan fingerprint density at radius 2 is 2.27 bits per heavy atom. The van der Waals surface area contributed by atoms with E-state index in [1.54, 1.807) is 0 Å². The molecular weight excluding hydrogens is 188 g/mol. The second-order valence-electron chi connectivity index (χ2n) is 4.75. The van der Waals surface area contributed by atoms with E-state index in [2.05, 4.69) is 13.0 Å². The Hall–Kier alpha value is -1.04. The van der Waals surface area contributed by atoms with Gasteiger partial charge >= 0.3 is 0 Å². The van der Waals surface area contributed by atoms with Crippen LogP contribution in [0.1, 0.15) is 45.4 Å². The molecule has 2 fully saturated rings. The minimum Gasteiger partial charge on any atom is -0.338 e. The molecule has 0 aromatic carbocycles. The van der Waals surface area contributed by atoms with Crippen LogP contribution in [0.15, 0.2) is 0 Å². The topological polar surface area (TPSA) is 44.1 Å². The van der Waals surface area contributed by atoms with Crippen molar-refractivity contribution in [1.29, 1.82) is 5.26 Å². The molecule has 0 spiro atoms. The fourth-order valence-corrected chi connectivity index (χ4v) is 2.47. The van der Waals surface area contributed by atoms with Crippen molar-refractivity contribution in [3.05, 3.63) is 0 Å². The number of amides is 1. The summed E-state index contributed by atoms with van der Waals surface area (Å²) in [7, 11) is 0. The van der Waals surface area contributed by atoms with Crippen molar-refractivity contribution in [2.45, 2.75) is 51.5 Å². The van der Waals surface area contributed by atoms with E-state index < -0.39 is 5.41 Å². The Balaban J connectivity index is 2.08. The molecule has 2 aliphatic rings. The van der Waals surface area contributed by atoms with Crippen LogP contribution in [0, 0.1) is 16.7 Å². The lowest BCUT2D eigenvalue weighted by atomic mass is 9.97. The van der Waals surface area contributed by atoms with Gasteiger partial charge < -0.3 is 4.90 Å². The molecule has 0 aromatic rings. The van der Waals surface area contributed by atoms with Gasteiger partial charge in [-0.1, -0.05) is 6.92 Å². The van der Waals surface area contributed by atoms with E-state index in [1.807, 2.05) is 4.90 Å². The summed E-state index contributed by atoms with van der Waals surface area (Å²) in [6.45, 7) is 2.99. The first-order chi connectivity index (χ1) is 7.23. The lowest BCUT2D eigenvalue weighted by molar-refractivity contribution is -0.138. The maximum atomic E-state index is 12.2. The standard InChI is InChI=1S/C12H18N2O/c1-2-10-5-3-4-8-14(10)11(15)12(9-13)6-7-12/h10H,2-8H2,1H3. The first kappa shape index (κ1) is 10.5. The molecule has 1 saturated carbocycles. The quantitative estimate of drug-likeness (QED) is 0.694. The Morgan fingerprint density at radius 1 is 1.53 bits per heavy atom. The van der Waals surface area contributed by atoms with E-state index in [4.69, 9.17) is 5.26 Å². The average Bonchev–Trinajstić information content (AvgIpc) is 3.09. The molecule has 82 valence electrons. The van der Waals surface area contributed by atoms with Crippen LogP contribution in [0.4, 0.5) is 0 Å². The molecule has 1 saturated heterocycles. The molecule has 1 heterocycles. The lowest BCUT2D eigenvalue weighted by Gasteiger charge is -2.36. The van der Waals surface area contributed by atoms with Gasteiger partial charge in [-0.2, -0.15) is 5.26 Å². The summed E-state index contributed by atoms with van der Waals surface area (Å²) in [5.74, 6) is 0.108. The van der Waals surface area contributed by atoms with E-state index >= 15 is 0 Å². The third-order valence-electron chi connectivity index (χ3n) is 3.73. The fraction of sp³-hybridized carbons (Fsp3) is 0.833. The Morgan fingerprint density at radius 3 is 2.80 bits per heavy atom. The largest absolute Gasteiger partial charge is 0.338 e. The molecule has 0 aromatic heterocycles. The summed E-state index contributed by atoms with van der Waals surface area (Å²) < 4.78 is 0. The molecule has 1 aliphatic carbocycles. The van der Waals surface area contributed by atoms with Crippen LogP contribution in [0.3, 0.4) is 0 Å². The lowest BCUT2D eigenvalue weighted by Crippen LogP contribution is -2.46. The van der Waals surface area contributed by atoms with Gasteiger partial charge in [-0.05, 0) is 38.5 Å². The van der Waals surface area contributed by atoms with Crippen LogP contribution in [-0.4, -0.2) is 23.4 Å². The van der Waals surface area contributed by atoms with Gasteiger partial charge in [0.05, 0.1) is 6.07 Å². The van der Waals surface area contributed by atoms with Gasteiger partial charge in [0.25, 0.3) is 0 Å². The molecule has 3 nitrogen and oxygen atoms in total. The van der Waals surface area contributed by atoms with E-state index in [1.165, 1.54) is 6.42 Å². The molecule has 0 N–H and O–H groups in total. The molecule has 3 heteroatoms. The van der Waals surface area contributed by atoms with Crippen LogP contribution >= 0.6 is 0 Å². The van der Waals surface area contributed by atoms with Crippen molar-refractivity contribution >= 4 is 5.91 Å². The number of carbonyl (C=O) groups excluding carboxylic acids is 1. The number of likely N-dealkylation sites (tertiary alicyclic amines) is 1. The first-order valence-corrected chi connectivity index (χ1v) is 5.96. The van der Waals surface area contributed by atoms with Gasteiger partial charge in [-0.3, -0.25) is 4.79 Å². The summed E-state index contributed by atoms with van der Waals surface area (Å²) in [6, 6.07) is 2.59. The summed E-state index contributed by atoms with van der Waals surface area (Å²) in [6.07, 6.45) is 6.01. The zero-order valence-corrected chi connectivity index (χ0v) is 9.33. The van der Waals surface area contributed by atoms with Crippen LogP contribution in [-0.2, 0) is 4.79 Å². The number of nitriles is 1. The molecule has 0 bridgehead atoms. The Labute approximate surface area is 91.1 Å². The van der Waals surface area contributed by atoms with Gasteiger partial charge in [-0.25, -0.2) is 0 Å². The van der Waals surface area contributed by atoms with Gasteiger partial charge in [0.2, 0.25) is 5.91 Å². The van der Waals surface area contributed by atoms with Crippen molar-refractivity contribution in [2.24, 2.45) is 5.41 Å². The Bertz CT molecular complexity index is 301. The third kappa shape index (κ3) is 1.73. The van der Waals surface area contributed by atoms with Crippen molar-refractivity contribution in [2.75, 3.05) is 6.54 Å². The molecule has 1 amide bonds. The SMILES string of the molecule is CCC1CCCCN1C(=O)C1(C#N)CC1. The number of nitrogens with zero attached hydrogens (tertiary/aromatic N) is 2. The predicted molar refractivity (Wildman–Crippen MR) is 56.9 cm³/mol. The van der Waals surface area contributed by atoms with Gasteiger partial charge in [0.1, 0.15) is 5.41 Å². The average molecular weight is 206 g/mol. The van der Waals surface area contributed by atoms with Crippen LogP contribution in [0.2, 0.25) is 0 Å². The minimum atomic E-state index is -0.620. The minimum absolute atomic E-state index is 0.108. The summed E-state index contributed by atoms with van der Waals surface area (Å²) in [5, 5.41) is 9.02. The molecule has 1 unspecified atom stereocenters. The number of hydrogen-bond acceptors (Lipinski definition) is 2. The van der Waals surface area contributed by atoms with Crippen molar-refractivity contribution in [1.82, 2.24) is 4.90 Å². The highest BCUT2D eigenvalue weighted by Gasteiger charge is 2.53. The number of carbonyl (C=O) groups is 1. The second-order valence-corrected chi connectivity index (χ2v) is 4.75. The van der Waals surface area contributed by atoms with E-state index in [9.17, 15) is 4.79 Å². The molecule has 1 aliphatic heterocycles.